The van der Waals surface area contributed by atoms with Crippen LogP contribution in [-0.4, -0.2) is 46.0 Å². The fourth-order valence-electron chi connectivity index (χ4n) is 2.88. The third-order valence-electron chi connectivity index (χ3n) is 4.10. The molecule has 1 fully saturated rings. The van der Waals surface area contributed by atoms with Crippen LogP contribution in [0.4, 0.5) is 4.79 Å². The number of aryl methyl sites for hydroxylation is 2. The molecule has 0 aliphatic carbocycles. The van der Waals surface area contributed by atoms with Crippen molar-refractivity contribution in [3.63, 3.8) is 0 Å². The molecule has 1 saturated heterocycles. The minimum absolute atomic E-state index is 0.186. The van der Waals surface area contributed by atoms with Gasteiger partial charge in [-0.25, -0.2) is 4.79 Å². The van der Waals surface area contributed by atoms with Crippen LogP contribution in [0.15, 0.2) is 6.07 Å². The van der Waals surface area contributed by atoms with Crippen molar-refractivity contribution in [3.8, 4) is 0 Å². The highest BCUT2D eigenvalue weighted by atomic mass is 16.6. The Bertz CT molecular complexity index is 525. The lowest BCUT2D eigenvalue weighted by Gasteiger charge is -2.33. The average molecular weight is 322 g/mol. The number of ether oxygens (including phenoxy) is 1. The van der Waals surface area contributed by atoms with Crippen molar-refractivity contribution in [2.24, 2.45) is 13.0 Å². The molecule has 1 aromatic heterocycles. The van der Waals surface area contributed by atoms with E-state index in [9.17, 15) is 4.79 Å². The second kappa shape index (κ2) is 7.34. The van der Waals surface area contributed by atoms with E-state index in [4.69, 9.17) is 4.74 Å². The minimum Gasteiger partial charge on any atom is -0.444 e. The number of rotatable bonds is 4. The molecule has 1 N–H and O–H groups in total. The van der Waals surface area contributed by atoms with Gasteiger partial charge in [-0.05, 0) is 59.1 Å². The van der Waals surface area contributed by atoms with Crippen LogP contribution in [0.5, 0.6) is 0 Å². The van der Waals surface area contributed by atoms with Gasteiger partial charge >= 0.3 is 6.09 Å². The standard InChI is InChI=1S/C17H30N4O2/c1-13-10-15(20(5)19-13)12-18-11-14-6-8-21(9-7-14)16(22)23-17(2,3)4/h10,14,18H,6-9,11-12H2,1-5H3. The second-order valence-electron chi connectivity index (χ2n) is 7.44. The largest absolute Gasteiger partial charge is 0.444 e. The molecule has 6 heteroatoms. The van der Waals surface area contributed by atoms with Crippen LogP contribution < -0.4 is 5.32 Å². The van der Waals surface area contributed by atoms with Crippen molar-refractivity contribution in [1.29, 1.82) is 0 Å². The van der Waals surface area contributed by atoms with E-state index in [0.29, 0.717) is 5.92 Å². The first-order chi connectivity index (χ1) is 10.7. The van der Waals surface area contributed by atoms with Gasteiger partial charge in [0.1, 0.15) is 5.60 Å². The van der Waals surface area contributed by atoms with Gasteiger partial charge in [-0.1, -0.05) is 0 Å². The Labute approximate surface area is 139 Å². The maximum absolute atomic E-state index is 12.0. The predicted molar refractivity (Wildman–Crippen MR) is 90.2 cm³/mol. The molecule has 2 rings (SSSR count). The van der Waals surface area contributed by atoms with Gasteiger partial charge in [0.15, 0.2) is 0 Å². The van der Waals surface area contributed by atoms with Crippen LogP contribution in [0.1, 0.15) is 45.0 Å². The molecule has 0 spiro atoms. The summed E-state index contributed by atoms with van der Waals surface area (Å²) in [4.78, 5) is 13.9. The Kier molecular flexibility index (Phi) is 5.68. The molecule has 0 atom stereocenters. The normalized spacial score (nSPS) is 16.7. The average Bonchev–Trinajstić information content (AvgIpc) is 2.76. The molecule has 1 amide bonds. The lowest BCUT2D eigenvalue weighted by atomic mass is 9.97. The second-order valence-corrected chi connectivity index (χ2v) is 7.44. The summed E-state index contributed by atoms with van der Waals surface area (Å²) >= 11 is 0. The zero-order valence-corrected chi connectivity index (χ0v) is 15.1. The molecule has 130 valence electrons. The highest BCUT2D eigenvalue weighted by Crippen LogP contribution is 2.19. The maximum Gasteiger partial charge on any atom is 0.410 e. The lowest BCUT2D eigenvalue weighted by Crippen LogP contribution is -2.43. The van der Waals surface area contributed by atoms with Crippen molar-refractivity contribution < 1.29 is 9.53 Å². The SMILES string of the molecule is Cc1cc(CNCC2CCN(C(=O)OC(C)(C)C)CC2)n(C)n1. The van der Waals surface area contributed by atoms with Crippen molar-refractivity contribution in [3.05, 3.63) is 17.5 Å². The Balaban J connectivity index is 1.69. The van der Waals surface area contributed by atoms with E-state index < -0.39 is 5.60 Å². The minimum atomic E-state index is -0.420. The Morgan fingerprint density at radius 2 is 2.04 bits per heavy atom. The lowest BCUT2D eigenvalue weighted by molar-refractivity contribution is 0.0184. The molecule has 0 bridgehead atoms. The van der Waals surface area contributed by atoms with Crippen LogP contribution in [0.25, 0.3) is 0 Å². The fraction of sp³-hybridized carbons (Fsp3) is 0.765. The quantitative estimate of drug-likeness (QED) is 0.925. The molecule has 0 aromatic carbocycles. The van der Waals surface area contributed by atoms with Crippen LogP contribution in [0.2, 0.25) is 0 Å². The first kappa shape index (κ1) is 17.8. The maximum atomic E-state index is 12.0. The topological polar surface area (TPSA) is 59.4 Å². The summed E-state index contributed by atoms with van der Waals surface area (Å²) in [5, 5.41) is 7.87. The van der Waals surface area contributed by atoms with E-state index in [-0.39, 0.29) is 6.09 Å². The fourth-order valence-corrected chi connectivity index (χ4v) is 2.88. The van der Waals surface area contributed by atoms with Gasteiger partial charge < -0.3 is 15.0 Å². The molecule has 1 aliphatic heterocycles. The number of hydrogen-bond donors (Lipinski definition) is 1. The van der Waals surface area contributed by atoms with E-state index in [2.05, 4.69) is 16.5 Å². The number of likely N-dealkylation sites (tertiary alicyclic amines) is 1. The number of piperidine rings is 1. The molecule has 23 heavy (non-hydrogen) atoms. The number of aromatic nitrogens is 2. The van der Waals surface area contributed by atoms with Gasteiger partial charge in [-0.3, -0.25) is 4.68 Å². The van der Waals surface area contributed by atoms with Crippen LogP contribution >= 0.6 is 0 Å². The smallest absolute Gasteiger partial charge is 0.410 e. The molecule has 1 aliphatic rings. The molecule has 0 saturated carbocycles. The van der Waals surface area contributed by atoms with Crippen molar-refractivity contribution in [2.45, 2.75) is 52.7 Å². The highest BCUT2D eigenvalue weighted by Gasteiger charge is 2.26. The summed E-state index contributed by atoms with van der Waals surface area (Å²) < 4.78 is 7.35. The predicted octanol–water partition coefficient (Wildman–Crippen LogP) is 2.47. The number of carbonyl (C=O) groups excluding carboxylic acids is 1. The van der Waals surface area contributed by atoms with Crippen molar-refractivity contribution in [1.82, 2.24) is 20.0 Å². The Hall–Kier alpha value is -1.56. The summed E-state index contributed by atoms with van der Waals surface area (Å²) in [6.45, 7) is 11.1. The molecular formula is C17H30N4O2. The molecular weight excluding hydrogens is 292 g/mol. The number of carbonyl (C=O) groups is 1. The number of nitrogens with zero attached hydrogens (tertiary/aromatic N) is 3. The monoisotopic (exact) mass is 322 g/mol. The Morgan fingerprint density at radius 3 is 2.57 bits per heavy atom. The number of hydrogen-bond acceptors (Lipinski definition) is 4. The third kappa shape index (κ3) is 5.53. The first-order valence-corrected chi connectivity index (χ1v) is 8.43. The van der Waals surface area contributed by atoms with E-state index >= 15 is 0 Å². The first-order valence-electron chi connectivity index (χ1n) is 8.43. The van der Waals surface area contributed by atoms with Gasteiger partial charge in [-0.15, -0.1) is 0 Å². The zero-order chi connectivity index (χ0) is 17.0. The molecule has 1 aromatic rings. The van der Waals surface area contributed by atoms with E-state index in [0.717, 1.165) is 44.7 Å². The van der Waals surface area contributed by atoms with Crippen molar-refractivity contribution >= 4 is 6.09 Å². The third-order valence-corrected chi connectivity index (χ3v) is 4.10. The van der Waals surface area contributed by atoms with Gasteiger partial charge in [0.2, 0.25) is 0 Å². The molecule has 0 unspecified atom stereocenters. The van der Waals surface area contributed by atoms with E-state index in [1.165, 1.54) is 5.69 Å². The van der Waals surface area contributed by atoms with E-state index in [1.807, 2.05) is 44.3 Å². The van der Waals surface area contributed by atoms with Gasteiger partial charge in [0, 0.05) is 26.7 Å². The van der Waals surface area contributed by atoms with Gasteiger partial charge in [-0.2, -0.15) is 5.10 Å². The number of amides is 1. The molecule has 2 heterocycles. The number of nitrogens with one attached hydrogen (secondary N) is 1. The van der Waals surface area contributed by atoms with Gasteiger partial charge in [0.05, 0.1) is 11.4 Å². The Morgan fingerprint density at radius 1 is 1.39 bits per heavy atom. The summed E-state index contributed by atoms with van der Waals surface area (Å²) in [7, 11) is 1.98. The molecule has 6 nitrogen and oxygen atoms in total. The van der Waals surface area contributed by atoms with Crippen molar-refractivity contribution in [2.75, 3.05) is 19.6 Å². The summed E-state index contributed by atoms with van der Waals surface area (Å²) in [5.74, 6) is 0.614. The van der Waals surface area contributed by atoms with Gasteiger partial charge in [0.25, 0.3) is 0 Å². The van der Waals surface area contributed by atoms with Crippen LogP contribution in [0, 0.1) is 12.8 Å². The zero-order valence-electron chi connectivity index (χ0n) is 15.1. The van der Waals surface area contributed by atoms with Crippen LogP contribution in [0.3, 0.4) is 0 Å². The van der Waals surface area contributed by atoms with Crippen LogP contribution in [-0.2, 0) is 18.3 Å². The summed E-state index contributed by atoms with van der Waals surface area (Å²) in [6, 6.07) is 2.11. The molecule has 0 radical (unpaired) electrons. The van der Waals surface area contributed by atoms with E-state index in [1.54, 1.807) is 0 Å². The summed E-state index contributed by atoms with van der Waals surface area (Å²) in [5.41, 5.74) is 1.83. The highest BCUT2D eigenvalue weighted by molar-refractivity contribution is 5.68. The summed E-state index contributed by atoms with van der Waals surface area (Å²) in [6.07, 6.45) is 1.86.